The minimum absolute atomic E-state index is 0.0626. The van der Waals surface area contributed by atoms with Crippen LogP contribution in [0, 0.1) is 0 Å². The van der Waals surface area contributed by atoms with Gasteiger partial charge in [0.25, 0.3) is 0 Å². The number of carbonyl (C=O) groups excluding carboxylic acids is 3. The van der Waals surface area contributed by atoms with Gasteiger partial charge in [0, 0.05) is 19.3 Å². The number of allylic oxidation sites excluding steroid dienone is 26. The normalized spacial score (nSPS) is 15.3. The van der Waals surface area contributed by atoms with Gasteiger partial charge in [-0.3, -0.25) is 32.5 Å². The molecule has 0 aromatic rings. The van der Waals surface area contributed by atoms with Crippen LogP contribution >= 0.6 is 15.6 Å². The van der Waals surface area contributed by atoms with Crippen LogP contribution in [0.2, 0.25) is 0 Å². The Morgan fingerprint density at radius 2 is 0.586 bits per heavy atom. The van der Waals surface area contributed by atoms with Gasteiger partial charge in [0.1, 0.15) is 25.4 Å². The zero-order valence-electron chi connectivity index (χ0n) is 52.9. The van der Waals surface area contributed by atoms with E-state index >= 15 is 0 Å². The van der Waals surface area contributed by atoms with Gasteiger partial charge in [0.2, 0.25) is 0 Å². The summed E-state index contributed by atoms with van der Waals surface area (Å²) in [5.74, 6) is -1.70. The summed E-state index contributed by atoms with van der Waals surface area (Å²) in [6, 6.07) is 0. The van der Waals surface area contributed by atoms with Gasteiger partial charge in [-0.15, -0.1) is 0 Å². The summed E-state index contributed by atoms with van der Waals surface area (Å²) in [5.41, 5.74) is 0. The van der Waals surface area contributed by atoms with Crippen LogP contribution in [-0.2, 0) is 55.8 Å². The van der Waals surface area contributed by atoms with Gasteiger partial charge in [0.05, 0.1) is 26.4 Å². The van der Waals surface area contributed by atoms with Crippen LogP contribution < -0.4 is 0 Å². The van der Waals surface area contributed by atoms with E-state index in [1.54, 1.807) is 0 Å². The van der Waals surface area contributed by atoms with Crippen molar-refractivity contribution in [1.82, 2.24) is 0 Å². The molecule has 0 aromatic heterocycles. The lowest BCUT2D eigenvalue weighted by Crippen LogP contribution is -2.30. The summed E-state index contributed by atoms with van der Waals surface area (Å²) in [7, 11) is -9.82. The topological polar surface area (TPSA) is 231 Å². The highest BCUT2D eigenvalue weighted by atomic mass is 31.2. The Labute approximate surface area is 523 Å². The van der Waals surface area contributed by atoms with E-state index in [-0.39, 0.29) is 19.3 Å². The number of ether oxygens (including phenoxy) is 3. The highest BCUT2D eigenvalue weighted by Gasteiger charge is 2.29. The Kier molecular flexibility index (Phi) is 58.0. The number of aliphatic hydroxyl groups is 2. The number of phosphoric acid groups is 2. The highest BCUT2D eigenvalue weighted by molar-refractivity contribution is 7.47. The molecular weight excluding hydrogens is 1150 g/mol. The fraction of sp³-hybridized carbons (Fsp3) is 0.580. The fourth-order valence-electron chi connectivity index (χ4n) is 7.47. The Morgan fingerprint density at radius 3 is 0.943 bits per heavy atom. The van der Waals surface area contributed by atoms with E-state index in [0.29, 0.717) is 25.7 Å². The van der Waals surface area contributed by atoms with E-state index in [4.69, 9.17) is 32.3 Å². The Morgan fingerprint density at radius 1 is 0.322 bits per heavy atom. The van der Waals surface area contributed by atoms with Gasteiger partial charge in [-0.05, 0) is 135 Å². The summed E-state index contributed by atoms with van der Waals surface area (Å²) >= 11 is 0. The average molecular weight is 1260 g/mol. The van der Waals surface area contributed by atoms with Crippen molar-refractivity contribution in [2.24, 2.45) is 0 Å². The maximum absolute atomic E-state index is 12.9. The summed E-state index contributed by atoms with van der Waals surface area (Å²) < 4.78 is 60.7. The number of unbranched alkanes of at least 4 members (excludes halogenated alkanes) is 9. The van der Waals surface area contributed by atoms with Crippen molar-refractivity contribution < 1.29 is 75.8 Å². The second kappa shape index (κ2) is 61.4. The molecular formula is C69H110O16P2. The van der Waals surface area contributed by atoms with Crippen LogP contribution in [0.4, 0.5) is 0 Å². The van der Waals surface area contributed by atoms with Crippen molar-refractivity contribution in [1.29, 1.82) is 0 Å². The zero-order chi connectivity index (χ0) is 63.8. The predicted molar refractivity (Wildman–Crippen MR) is 352 cm³/mol. The van der Waals surface area contributed by atoms with Crippen LogP contribution in [0.25, 0.3) is 0 Å². The largest absolute Gasteiger partial charge is 0.472 e. The van der Waals surface area contributed by atoms with Crippen LogP contribution in [0.1, 0.15) is 201 Å². The first-order chi connectivity index (χ1) is 42.2. The second-order valence-electron chi connectivity index (χ2n) is 20.4. The van der Waals surface area contributed by atoms with Crippen molar-refractivity contribution in [3.63, 3.8) is 0 Å². The maximum Gasteiger partial charge on any atom is 0.472 e. The third-order valence-electron chi connectivity index (χ3n) is 12.2. The molecule has 0 aliphatic rings. The van der Waals surface area contributed by atoms with Gasteiger partial charge in [-0.25, -0.2) is 9.13 Å². The second-order valence-corrected chi connectivity index (χ2v) is 23.3. The third-order valence-corrected chi connectivity index (χ3v) is 14.1. The van der Waals surface area contributed by atoms with E-state index in [1.807, 2.05) is 12.2 Å². The number of aliphatic hydroxyl groups excluding tert-OH is 2. The summed E-state index contributed by atoms with van der Waals surface area (Å²) in [4.78, 5) is 58.2. The molecule has 0 saturated heterocycles. The standard InChI is InChI=1S/C69H110O16P2/c1-4-7-10-13-16-19-22-25-28-31-34-37-40-43-46-49-52-55-67(72)79-58-64(70)59-81-86(75,76)82-60-65(71)61-83-87(77,78)84-63-66(85-69(74)57-54-51-48-45-42-39-36-33-30-27-24-21-18-15-12-9-6-3)62-80-68(73)56-53-50-47-44-41-38-35-32-29-26-23-20-17-14-11-8-5-2/h7-12,16-21,25-30,34-39,43,46,64-66,70-71H,4-6,13-15,22-24,31-33,40-42,44-45,47-63H2,1-3H3,(H,75,76)(H,77,78)/b10-7-,11-8-,12-9-,19-16-,20-17-,21-18-,28-25-,29-26-,30-27-,37-34-,38-35-,39-36-,46-43-. The molecule has 0 bridgehead atoms. The first kappa shape index (κ1) is 82.2. The van der Waals surface area contributed by atoms with E-state index in [1.165, 1.54) is 0 Å². The first-order valence-electron chi connectivity index (χ1n) is 31.8. The molecule has 5 atom stereocenters. The minimum atomic E-state index is -4.95. The number of phosphoric ester groups is 2. The number of rotatable bonds is 58. The Balaban J connectivity index is 4.85. The SMILES string of the molecule is CC/C=C\C/C=C\C/C=C\C/C=C\C/C=C\CCCC(=O)OCC(O)COP(=O)(O)OCC(O)COP(=O)(O)OCC(COC(=O)CCCCCC/C=C\C/C=C\C/C=C\C/C=C\CC)OC(=O)CCCCCC/C=C\C/C=C\C/C=C\C/C=C\CC. The molecule has 0 amide bonds. The molecule has 16 nitrogen and oxygen atoms in total. The van der Waals surface area contributed by atoms with E-state index < -0.39 is 91.5 Å². The molecule has 87 heavy (non-hydrogen) atoms. The first-order valence-corrected chi connectivity index (χ1v) is 34.8. The van der Waals surface area contributed by atoms with Crippen LogP contribution in [-0.4, -0.2) is 95.9 Å². The lowest BCUT2D eigenvalue weighted by Gasteiger charge is -2.21. The van der Waals surface area contributed by atoms with E-state index in [2.05, 4.69) is 167 Å². The number of hydrogen-bond donors (Lipinski definition) is 4. The number of carbonyl (C=O) groups is 3. The van der Waals surface area contributed by atoms with Gasteiger partial charge in [0.15, 0.2) is 6.10 Å². The smallest absolute Gasteiger partial charge is 0.463 e. The molecule has 0 fully saturated rings. The maximum atomic E-state index is 12.9. The molecule has 0 heterocycles. The summed E-state index contributed by atoms with van der Waals surface area (Å²) in [5, 5.41) is 20.5. The molecule has 18 heteroatoms. The van der Waals surface area contributed by atoms with Crippen molar-refractivity contribution in [3.05, 3.63) is 158 Å². The summed E-state index contributed by atoms with van der Waals surface area (Å²) in [6.45, 7) is 2.15. The average Bonchev–Trinajstić information content (AvgIpc) is 3.59. The molecule has 0 spiro atoms. The number of hydrogen-bond acceptors (Lipinski definition) is 14. The highest BCUT2D eigenvalue weighted by Crippen LogP contribution is 2.45. The quantitative estimate of drug-likeness (QED) is 0.0146. The minimum Gasteiger partial charge on any atom is -0.463 e. The molecule has 0 aliphatic carbocycles. The van der Waals surface area contributed by atoms with Crippen molar-refractivity contribution in [2.45, 2.75) is 219 Å². The summed E-state index contributed by atoms with van der Waals surface area (Å²) in [6.07, 6.45) is 73.1. The van der Waals surface area contributed by atoms with Crippen molar-refractivity contribution >= 4 is 33.6 Å². The molecule has 0 rings (SSSR count). The molecule has 5 unspecified atom stereocenters. The fourth-order valence-corrected chi connectivity index (χ4v) is 9.05. The third kappa shape index (κ3) is 62.6. The Bertz CT molecular complexity index is 2220. The van der Waals surface area contributed by atoms with E-state index in [0.717, 1.165) is 135 Å². The van der Waals surface area contributed by atoms with Gasteiger partial charge in [-0.2, -0.15) is 0 Å². The van der Waals surface area contributed by atoms with Crippen LogP contribution in [0.5, 0.6) is 0 Å². The van der Waals surface area contributed by atoms with Gasteiger partial charge >= 0.3 is 33.6 Å². The monoisotopic (exact) mass is 1260 g/mol. The lowest BCUT2D eigenvalue weighted by molar-refractivity contribution is -0.161. The molecule has 0 aromatic carbocycles. The number of esters is 3. The molecule has 0 aliphatic heterocycles. The lowest BCUT2D eigenvalue weighted by atomic mass is 10.1. The van der Waals surface area contributed by atoms with Crippen molar-refractivity contribution in [3.8, 4) is 0 Å². The Hall–Kier alpha value is -4.83. The van der Waals surface area contributed by atoms with Crippen LogP contribution in [0.3, 0.4) is 0 Å². The molecule has 0 radical (unpaired) electrons. The molecule has 0 saturated carbocycles. The van der Waals surface area contributed by atoms with Gasteiger partial charge in [-0.1, -0.05) is 204 Å². The van der Waals surface area contributed by atoms with E-state index in [9.17, 15) is 43.5 Å². The van der Waals surface area contributed by atoms with Crippen molar-refractivity contribution in [2.75, 3.05) is 39.6 Å². The molecule has 4 N–H and O–H groups in total. The molecule has 492 valence electrons. The van der Waals surface area contributed by atoms with Gasteiger partial charge < -0.3 is 34.2 Å². The van der Waals surface area contributed by atoms with Crippen LogP contribution in [0.15, 0.2) is 158 Å². The zero-order valence-corrected chi connectivity index (χ0v) is 54.7. The predicted octanol–water partition coefficient (Wildman–Crippen LogP) is 17.2.